The summed E-state index contributed by atoms with van der Waals surface area (Å²) in [4.78, 5) is 11.6. The number of thioether (sulfide) groups is 2. The predicted molar refractivity (Wildman–Crippen MR) is 93.4 cm³/mol. The van der Waals surface area contributed by atoms with Gasteiger partial charge in [-0.15, -0.1) is 36.7 Å². The van der Waals surface area contributed by atoms with Gasteiger partial charge in [0.1, 0.15) is 13.2 Å². The Labute approximate surface area is 141 Å². The van der Waals surface area contributed by atoms with E-state index in [9.17, 15) is 4.79 Å². The summed E-state index contributed by atoms with van der Waals surface area (Å²) in [6.45, 7) is 7.60. The van der Waals surface area contributed by atoms with E-state index in [1.807, 2.05) is 12.5 Å². The van der Waals surface area contributed by atoms with Crippen LogP contribution in [-0.2, 0) is 18.9 Å². The molecule has 0 saturated carbocycles. The Balaban J connectivity index is 4.02. The van der Waals surface area contributed by atoms with E-state index in [1.165, 1.54) is 0 Å². The van der Waals surface area contributed by atoms with Crippen molar-refractivity contribution in [3.63, 3.8) is 0 Å². The molecule has 5 nitrogen and oxygen atoms in total. The van der Waals surface area contributed by atoms with Crippen molar-refractivity contribution in [3.05, 3.63) is 25.3 Å². The maximum Gasteiger partial charge on any atom is 0.508 e. The summed E-state index contributed by atoms with van der Waals surface area (Å²) in [6, 6.07) is 0. The number of carbonyl (C=O) groups is 1. The molecule has 0 spiro atoms. The van der Waals surface area contributed by atoms with Gasteiger partial charge in [0.05, 0.1) is 24.1 Å². The van der Waals surface area contributed by atoms with Crippen LogP contribution in [0.15, 0.2) is 25.3 Å². The Morgan fingerprint density at radius 3 is 1.68 bits per heavy atom. The zero-order valence-corrected chi connectivity index (χ0v) is 15.0. The molecule has 0 radical (unpaired) electrons. The summed E-state index contributed by atoms with van der Waals surface area (Å²) in [5.41, 5.74) is 0. The molecular formula is C15H26O5S2. The number of rotatable bonds is 14. The summed E-state index contributed by atoms with van der Waals surface area (Å²) in [5, 5.41) is 0. The molecule has 0 bridgehead atoms. The van der Waals surface area contributed by atoms with Crippen molar-refractivity contribution in [3.8, 4) is 0 Å². The third kappa shape index (κ3) is 12.0. The van der Waals surface area contributed by atoms with Crippen molar-refractivity contribution in [2.75, 3.05) is 37.6 Å². The first-order chi connectivity index (χ1) is 10.7. The Bertz CT molecular complexity index is 284. The van der Waals surface area contributed by atoms with E-state index in [0.717, 1.165) is 0 Å². The fourth-order valence-electron chi connectivity index (χ4n) is 1.43. The van der Waals surface area contributed by atoms with Crippen LogP contribution in [-0.4, -0.2) is 56.0 Å². The van der Waals surface area contributed by atoms with Gasteiger partial charge in [-0.2, -0.15) is 0 Å². The van der Waals surface area contributed by atoms with Gasteiger partial charge in [0.2, 0.25) is 0 Å². The maximum atomic E-state index is 11.6. The van der Waals surface area contributed by atoms with Gasteiger partial charge >= 0.3 is 6.16 Å². The van der Waals surface area contributed by atoms with Crippen LogP contribution in [0, 0.1) is 0 Å². The van der Waals surface area contributed by atoms with E-state index in [1.54, 1.807) is 35.7 Å². The highest BCUT2D eigenvalue weighted by atomic mass is 32.2. The number of carbonyl (C=O) groups excluding carboxylic acids is 1. The summed E-state index contributed by atoms with van der Waals surface area (Å²) < 4.78 is 21.1. The first kappa shape index (κ1) is 21.4. The van der Waals surface area contributed by atoms with E-state index in [0.29, 0.717) is 24.7 Å². The second-order valence-corrected chi connectivity index (χ2v) is 5.94. The highest BCUT2D eigenvalue weighted by Gasteiger charge is 2.15. The smallest absolute Gasteiger partial charge is 0.432 e. The third-order valence-corrected chi connectivity index (χ3v) is 3.22. The van der Waals surface area contributed by atoms with Gasteiger partial charge in [-0.3, -0.25) is 0 Å². The molecule has 0 amide bonds. The predicted octanol–water partition coefficient (Wildman–Crippen LogP) is 3.70. The molecule has 0 aliphatic heterocycles. The molecule has 0 aromatic heterocycles. The van der Waals surface area contributed by atoms with Gasteiger partial charge in [0.15, 0.2) is 0 Å². The van der Waals surface area contributed by atoms with Crippen molar-refractivity contribution in [1.82, 2.24) is 0 Å². The Morgan fingerprint density at radius 2 is 1.36 bits per heavy atom. The zero-order chi connectivity index (χ0) is 16.6. The summed E-state index contributed by atoms with van der Waals surface area (Å²) >= 11 is 3.12. The van der Waals surface area contributed by atoms with Gasteiger partial charge in [-0.1, -0.05) is 12.2 Å². The summed E-state index contributed by atoms with van der Waals surface area (Å²) in [7, 11) is 0. The van der Waals surface area contributed by atoms with E-state index < -0.39 is 6.16 Å². The van der Waals surface area contributed by atoms with Crippen molar-refractivity contribution < 1.29 is 23.7 Å². The van der Waals surface area contributed by atoms with Crippen molar-refractivity contribution in [1.29, 1.82) is 0 Å². The van der Waals surface area contributed by atoms with Crippen LogP contribution in [0.4, 0.5) is 4.79 Å². The van der Waals surface area contributed by atoms with E-state index >= 15 is 0 Å². The lowest BCUT2D eigenvalue weighted by atomic mass is 10.2. The number of hydrogen-bond acceptors (Lipinski definition) is 7. The van der Waals surface area contributed by atoms with Crippen LogP contribution < -0.4 is 0 Å². The Hall–Kier alpha value is -0.630. The van der Waals surface area contributed by atoms with Gasteiger partial charge in [0.25, 0.3) is 0 Å². The molecule has 0 saturated heterocycles. The molecule has 128 valence electrons. The van der Waals surface area contributed by atoms with Gasteiger partial charge < -0.3 is 18.9 Å². The summed E-state index contributed by atoms with van der Waals surface area (Å²) in [5.74, 6) is 1.09. The average molecular weight is 351 g/mol. The SMILES string of the molecule is C=CCC(COC(=O)OCC(CC=C)OCSC)OCSC. The molecule has 0 N–H and O–H groups in total. The molecule has 0 aromatic rings. The van der Waals surface area contributed by atoms with Crippen LogP contribution in [0.25, 0.3) is 0 Å². The fourth-order valence-corrected chi connectivity index (χ4v) is 2.09. The first-order valence-corrected chi connectivity index (χ1v) is 9.69. The molecule has 0 aromatic carbocycles. The monoisotopic (exact) mass is 350 g/mol. The molecule has 0 aliphatic carbocycles. The van der Waals surface area contributed by atoms with Crippen LogP contribution >= 0.6 is 23.5 Å². The Kier molecular flexibility index (Phi) is 14.8. The van der Waals surface area contributed by atoms with Crippen molar-refractivity contribution in [2.24, 2.45) is 0 Å². The molecule has 0 aliphatic rings. The molecule has 2 atom stereocenters. The van der Waals surface area contributed by atoms with Crippen LogP contribution in [0.1, 0.15) is 12.8 Å². The van der Waals surface area contributed by atoms with Crippen LogP contribution in [0.2, 0.25) is 0 Å². The third-order valence-electron chi connectivity index (χ3n) is 2.48. The Morgan fingerprint density at radius 1 is 0.955 bits per heavy atom. The standard InChI is InChI=1S/C15H26O5S2/c1-5-7-13(19-11-21-3)9-17-15(16)18-10-14(8-6-2)20-12-22-4/h5-6,13-14H,1-2,7-12H2,3-4H3. The minimum atomic E-state index is -0.719. The molecule has 2 unspecified atom stereocenters. The van der Waals surface area contributed by atoms with Gasteiger partial charge in [-0.25, -0.2) is 4.79 Å². The highest BCUT2D eigenvalue weighted by Crippen LogP contribution is 2.07. The van der Waals surface area contributed by atoms with Gasteiger partial charge in [-0.05, 0) is 25.4 Å². The highest BCUT2D eigenvalue weighted by molar-refractivity contribution is 7.98. The molecule has 7 heteroatoms. The molecule has 0 heterocycles. The van der Waals surface area contributed by atoms with Gasteiger partial charge in [0, 0.05) is 0 Å². The minimum Gasteiger partial charge on any atom is -0.432 e. The topological polar surface area (TPSA) is 54.0 Å². The first-order valence-electron chi connectivity index (χ1n) is 6.90. The second-order valence-electron chi connectivity index (χ2n) is 4.31. The lowest BCUT2D eigenvalue weighted by Gasteiger charge is -2.17. The van der Waals surface area contributed by atoms with Crippen molar-refractivity contribution in [2.45, 2.75) is 25.0 Å². The second kappa shape index (κ2) is 15.3. The van der Waals surface area contributed by atoms with Crippen LogP contribution in [0.3, 0.4) is 0 Å². The van der Waals surface area contributed by atoms with E-state index in [2.05, 4.69) is 13.2 Å². The van der Waals surface area contributed by atoms with E-state index in [4.69, 9.17) is 18.9 Å². The minimum absolute atomic E-state index is 0.142. The molecular weight excluding hydrogens is 324 g/mol. The summed E-state index contributed by atoms with van der Waals surface area (Å²) in [6.07, 6.45) is 7.45. The largest absolute Gasteiger partial charge is 0.508 e. The lowest BCUT2D eigenvalue weighted by Crippen LogP contribution is -2.25. The number of hydrogen-bond donors (Lipinski definition) is 0. The maximum absolute atomic E-state index is 11.6. The molecule has 0 fully saturated rings. The normalized spacial score (nSPS) is 13.2. The quantitative estimate of drug-likeness (QED) is 0.269. The average Bonchev–Trinajstić information content (AvgIpc) is 2.52. The molecule has 0 rings (SSSR count). The zero-order valence-electron chi connectivity index (χ0n) is 13.3. The lowest BCUT2D eigenvalue weighted by molar-refractivity contribution is -0.0229. The van der Waals surface area contributed by atoms with Crippen molar-refractivity contribution >= 4 is 29.7 Å². The number of ether oxygens (including phenoxy) is 4. The van der Waals surface area contributed by atoms with Crippen LogP contribution in [0.5, 0.6) is 0 Å². The van der Waals surface area contributed by atoms with E-state index in [-0.39, 0.29) is 25.4 Å². The fraction of sp³-hybridized carbons (Fsp3) is 0.667. The molecule has 22 heavy (non-hydrogen) atoms.